The Hall–Kier alpha value is -1.60. The van der Waals surface area contributed by atoms with E-state index >= 15 is 0 Å². The van der Waals surface area contributed by atoms with Gasteiger partial charge < -0.3 is 21.3 Å². The smallest absolute Gasteiger partial charge is 0.246 e. The lowest BCUT2D eigenvalue weighted by molar-refractivity contribution is -0.117. The number of halogens is 1. The maximum absolute atomic E-state index is 11.9. The topological polar surface area (TPSA) is 96.2 Å². The molecule has 1 aromatic rings. The molecule has 7 nitrogen and oxygen atoms in total. The summed E-state index contributed by atoms with van der Waals surface area (Å²) >= 11 is 0. The van der Waals surface area contributed by atoms with Crippen molar-refractivity contribution in [1.82, 2.24) is 9.97 Å². The predicted octanol–water partition coefficient (Wildman–Crippen LogP) is 4.50. The quantitative estimate of drug-likeness (QED) is 0.588. The number of carbonyl (C=O) groups excluding carboxylic acids is 1. The number of amides is 1. The van der Waals surface area contributed by atoms with Crippen molar-refractivity contribution in [2.75, 3.05) is 22.6 Å². The Balaban J connectivity index is 0.000000322. The van der Waals surface area contributed by atoms with Crippen LogP contribution in [0.4, 0.5) is 17.5 Å². The molecule has 2 saturated carbocycles. The lowest BCUT2D eigenvalue weighted by Gasteiger charge is -2.37. The van der Waals surface area contributed by atoms with E-state index < -0.39 is 0 Å². The van der Waals surface area contributed by atoms with E-state index in [4.69, 9.17) is 5.73 Å². The first-order chi connectivity index (χ1) is 14.3. The summed E-state index contributed by atoms with van der Waals surface area (Å²) in [5, 5.41) is 6.35. The van der Waals surface area contributed by atoms with Crippen LogP contribution in [-0.2, 0) is 4.79 Å². The SMILES string of the molecule is CCCC1CC(N)C1.CCCC1CC(Nc2nc(C)c3c(n2)N(C)[C@@H](C)C(=O)N3)C1.Cl. The van der Waals surface area contributed by atoms with Gasteiger partial charge in [0.05, 0.1) is 5.69 Å². The Kier molecular flexibility index (Phi) is 9.37. The van der Waals surface area contributed by atoms with Gasteiger partial charge in [-0.1, -0.05) is 39.5 Å². The molecule has 0 radical (unpaired) electrons. The molecule has 0 bridgehead atoms. The van der Waals surface area contributed by atoms with Crippen LogP contribution in [0.3, 0.4) is 0 Å². The number of hydrogen-bond donors (Lipinski definition) is 3. The second kappa shape index (κ2) is 11.3. The highest BCUT2D eigenvalue weighted by Crippen LogP contribution is 2.35. The van der Waals surface area contributed by atoms with E-state index in [1.807, 2.05) is 25.8 Å². The lowest BCUT2D eigenvalue weighted by Crippen LogP contribution is -2.45. The van der Waals surface area contributed by atoms with Crippen LogP contribution in [0.5, 0.6) is 0 Å². The summed E-state index contributed by atoms with van der Waals surface area (Å²) in [5.41, 5.74) is 7.14. The molecule has 0 saturated heterocycles. The lowest BCUT2D eigenvalue weighted by atomic mass is 9.78. The minimum absolute atomic E-state index is 0. The minimum atomic E-state index is -0.215. The molecular weight excluding hydrogens is 412 g/mol. The van der Waals surface area contributed by atoms with Crippen LogP contribution in [-0.4, -0.2) is 41.0 Å². The Morgan fingerprint density at radius 3 is 2.23 bits per heavy atom. The second-order valence-corrected chi connectivity index (χ2v) is 9.46. The zero-order valence-corrected chi connectivity index (χ0v) is 20.6. The Bertz CT molecular complexity index is 730. The maximum Gasteiger partial charge on any atom is 0.246 e. The average molecular weight is 453 g/mol. The first-order valence-corrected chi connectivity index (χ1v) is 11.8. The highest BCUT2D eigenvalue weighted by atomic mass is 35.5. The molecule has 4 N–H and O–H groups in total. The monoisotopic (exact) mass is 452 g/mol. The van der Waals surface area contributed by atoms with Crippen LogP contribution in [0.2, 0.25) is 0 Å². The third-order valence-electron chi connectivity index (χ3n) is 6.85. The number of rotatable bonds is 6. The number of nitrogens with two attached hydrogens (primary N) is 1. The van der Waals surface area contributed by atoms with Gasteiger partial charge in [-0.2, -0.15) is 4.98 Å². The molecule has 2 heterocycles. The number of hydrogen-bond acceptors (Lipinski definition) is 6. The van der Waals surface area contributed by atoms with Gasteiger partial charge in [-0.15, -0.1) is 12.4 Å². The summed E-state index contributed by atoms with van der Waals surface area (Å²) in [4.78, 5) is 23.0. The molecule has 1 amide bonds. The molecule has 8 heteroatoms. The third-order valence-corrected chi connectivity index (χ3v) is 6.85. The molecule has 31 heavy (non-hydrogen) atoms. The molecule has 2 aliphatic carbocycles. The standard InChI is InChI=1S/C16H25N5O.C7H15N.ClH/c1-5-6-11-7-12(8-11)18-16-17-9(2)13-14(20-16)21(4)10(3)15(22)19-13;1-2-3-6-4-7(8)5-6;/h10-12H,5-8H2,1-4H3,(H,19,22)(H,17,18,20);6-7H,2-5,8H2,1H3;1H/t10-,11?,12?;;/m0../s1. The van der Waals surface area contributed by atoms with E-state index in [-0.39, 0.29) is 24.4 Å². The van der Waals surface area contributed by atoms with E-state index in [1.54, 1.807) is 0 Å². The van der Waals surface area contributed by atoms with Crippen molar-refractivity contribution in [2.45, 2.75) is 97.2 Å². The number of nitrogens with zero attached hydrogens (tertiary/aromatic N) is 3. The second-order valence-electron chi connectivity index (χ2n) is 9.46. The van der Waals surface area contributed by atoms with Crippen molar-refractivity contribution in [2.24, 2.45) is 17.6 Å². The van der Waals surface area contributed by atoms with Gasteiger partial charge in [0.2, 0.25) is 11.9 Å². The number of anilines is 3. The maximum atomic E-state index is 11.9. The normalized spacial score (nSPS) is 28.6. The molecule has 2 fully saturated rings. The number of nitrogens with one attached hydrogen (secondary N) is 2. The van der Waals surface area contributed by atoms with Crippen molar-refractivity contribution in [3.63, 3.8) is 0 Å². The van der Waals surface area contributed by atoms with Crippen LogP contribution in [0, 0.1) is 18.8 Å². The summed E-state index contributed by atoms with van der Waals surface area (Å²) in [5.74, 6) is 3.29. The molecule has 1 atom stereocenters. The third kappa shape index (κ3) is 6.22. The van der Waals surface area contributed by atoms with Crippen molar-refractivity contribution in [3.05, 3.63) is 5.69 Å². The fraction of sp³-hybridized carbons (Fsp3) is 0.783. The van der Waals surface area contributed by atoms with Crippen molar-refractivity contribution in [1.29, 1.82) is 0 Å². The Morgan fingerprint density at radius 2 is 1.68 bits per heavy atom. The zero-order valence-electron chi connectivity index (χ0n) is 19.8. The number of aromatic nitrogens is 2. The van der Waals surface area contributed by atoms with Gasteiger partial charge in [0.15, 0.2) is 5.82 Å². The summed E-state index contributed by atoms with van der Waals surface area (Å²) in [6.07, 6.45) is 10.3. The van der Waals surface area contributed by atoms with Crippen LogP contribution in [0.1, 0.15) is 77.8 Å². The molecule has 1 aromatic heterocycles. The van der Waals surface area contributed by atoms with E-state index in [0.29, 0.717) is 18.0 Å². The van der Waals surface area contributed by atoms with Crippen molar-refractivity contribution < 1.29 is 4.79 Å². The minimum Gasteiger partial charge on any atom is -0.351 e. The van der Waals surface area contributed by atoms with Gasteiger partial charge in [-0.3, -0.25) is 4.79 Å². The van der Waals surface area contributed by atoms with Crippen molar-refractivity contribution >= 4 is 35.8 Å². The molecule has 1 aliphatic heterocycles. The predicted molar refractivity (Wildman–Crippen MR) is 131 cm³/mol. The van der Waals surface area contributed by atoms with Gasteiger partial charge in [0.1, 0.15) is 11.7 Å². The largest absolute Gasteiger partial charge is 0.351 e. The Morgan fingerprint density at radius 1 is 1.10 bits per heavy atom. The van der Waals surface area contributed by atoms with Crippen LogP contribution in [0.15, 0.2) is 0 Å². The van der Waals surface area contributed by atoms with Crippen LogP contribution in [0.25, 0.3) is 0 Å². The highest BCUT2D eigenvalue weighted by Gasteiger charge is 2.32. The number of aryl methyl sites for hydroxylation is 1. The molecular formula is C23H41ClN6O. The first kappa shape index (κ1) is 25.7. The zero-order chi connectivity index (χ0) is 21.8. The molecule has 3 aliphatic rings. The van der Waals surface area contributed by atoms with E-state index in [1.165, 1.54) is 51.4 Å². The van der Waals surface area contributed by atoms with E-state index in [9.17, 15) is 4.79 Å². The van der Waals surface area contributed by atoms with E-state index in [2.05, 4.69) is 34.4 Å². The van der Waals surface area contributed by atoms with Crippen molar-refractivity contribution in [3.8, 4) is 0 Å². The molecule has 0 aromatic carbocycles. The number of fused-ring (bicyclic) bond motifs is 1. The number of carbonyl (C=O) groups is 1. The summed E-state index contributed by atoms with van der Waals surface area (Å²) in [6.45, 7) is 8.27. The first-order valence-electron chi connectivity index (χ1n) is 11.8. The van der Waals surface area contributed by atoms with Gasteiger partial charge in [-0.25, -0.2) is 4.98 Å². The van der Waals surface area contributed by atoms with Gasteiger partial charge in [-0.05, 0) is 51.4 Å². The van der Waals surface area contributed by atoms with Gasteiger partial charge >= 0.3 is 0 Å². The summed E-state index contributed by atoms with van der Waals surface area (Å²) in [7, 11) is 1.90. The number of likely N-dealkylation sites (N-methyl/N-ethyl adjacent to an activating group) is 1. The van der Waals surface area contributed by atoms with Gasteiger partial charge in [0, 0.05) is 19.1 Å². The average Bonchev–Trinajstić information content (AvgIpc) is 2.65. The van der Waals surface area contributed by atoms with E-state index in [0.717, 1.165) is 29.0 Å². The van der Waals surface area contributed by atoms with Gasteiger partial charge in [0.25, 0.3) is 0 Å². The van der Waals surface area contributed by atoms with Crippen LogP contribution < -0.4 is 21.3 Å². The molecule has 176 valence electrons. The summed E-state index contributed by atoms with van der Waals surface area (Å²) < 4.78 is 0. The highest BCUT2D eigenvalue weighted by molar-refractivity contribution is 6.03. The molecule has 0 unspecified atom stereocenters. The fourth-order valence-electron chi connectivity index (χ4n) is 4.72. The molecule has 0 spiro atoms. The fourth-order valence-corrected chi connectivity index (χ4v) is 4.72. The Labute approximate surface area is 193 Å². The van der Waals surface area contributed by atoms with Crippen LogP contribution >= 0.6 is 12.4 Å². The molecule has 4 rings (SSSR count). The summed E-state index contributed by atoms with van der Waals surface area (Å²) in [6, 6.07) is 0.814.